The third-order valence-electron chi connectivity index (χ3n) is 2.54. The minimum absolute atomic E-state index is 0.0601. The predicted molar refractivity (Wildman–Crippen MR) is 63.0 cm³/mol. The summed E-state index contributed by atoms with van der Waals surface area (Å²) in [6.07, 6.45) is -4.35. The van der Waals surface area contributed by atoms with Gasteiger partial charge in [0, 0.05) is 25.5 Å². The van der Waals surface area contributed by atoms with Gasteiger partial charge in [0.15, 0.2) is 0 Å². The van der Waals surface area contributed by atoms with Crippen LogP contribution in [-0.2, 0) is 9.47 Å². The van der Waals surface area contributed by atoms with Crippen LogP contribution in [0.15, 0.2) is 0 Å². The Kier molecular flexibility index (Phi) is 5.70. The first-order valence-corrected chi connectivity index (χ1v) is 6.36. The third kappa shape index (κ3) is 6.22. The lowest BCUT2D eigenvalue weighted by Crippen LogP contribution is -2.54. The van der Waals surface area contributed by atoms with E-state index >= 15 is 0 Å². The summed E-state index contributed by atoms with van der Waals surface area (Å²) in [7, 11) is 0. The predicted octanol–water partition coefficient (Wildman–Crippen LogP) is 2.28. The number of alkyl halides is 4. The van der Waals surface area contributed by atoms with E-state index in [1.807, 2.05) is 18.7 Å². The first-order chi connectivity index (χ1) is 8.22. The van der Waals surface area contributed by atoms with Crippen molar-refractivity contribution in [3.05, 3.63) is 0 Å². The van der Waals surface area contributed by atoms with Gasteiger partial charge in [-0.05, 0) is 13.8 Å². The molecule has 1 atom stereocenters. The maximum Gasteiger partial charge on any atom is 0.411 e. The number of rotatable bonds is 5. The maximum absolute atomic E-state index is 11.9. The van der Waals surface area contributed by atoms with Crippen LogP contribution >= 0.6 is 11.6 Å². The zero-order valence-corrected chi connectivity index (χ0v) is 11.4. The molecule has 7 heteroatoms. The normalized spacial score (nSPS) is 25.3. The van der Waals surface area contributed by atoms with Crippen molar-refractivity contribution < 1.29 is 22.6 Å². The zero-order chi connectivity index (χ0) is 13.8. The van der Waals surface area contributed by atoms with E-state index in [-0.39, 0.29) is 18.3 Å². The minimum atomic E-state index is -4.26. The van der Waals surface area contributed by atoms with Gasteiger partial charge >= 0.3 is 6.18 Å². The van der Waals surface area contributed by atoms with E-state index in [0.29, 0.717) is 25.5 Å². The molecule has 0 amide bonds. The number of hydrogen-bond acceptors (Lipinski definition) is 3. The number of halogens is 4. The SMILES string of the molecule is CC1(C)CN(CCOCC(F)(F)F)CC(CCl)O1. The van der Waals surface area contributed by atoms with Gasteiger partial charge in [-0.3, -0.25) is 4.90 Å². The van der Waals surface area contributed by atoms with Gasteiger partial charge in [0.2, 0.25) is 0 Å². The molecule has 1 saturated heterocycles. The van der Waals surface area contributed by atoms with Crippen molar-refractivity contribution in [2.24, 2.45) is 0 Å². The highest BCUT2D eigenvalue weighted by Crippen LogP contribution is 2.21. The van der Waals surface area contributed by atoms with Gasteiger partial charge in [0.25, 0.3) is 0 Å². The molecule has 3 nitrogen and oxygen atoms in total. The molecule has 0 aromatic heterocycles. The summed E-state index contributed by atoms with van der Waals surface area (Å²) in [5.41, 5.74) is -0.332. The molecule has 1 aliphatic heterocycles. The fourth-order valence-corrected chi connectivity index (χ4v) is 2.21. The van der Waals surface area contributed by atoms with Crippen molar-refractivity contribution in [3.63, 3.8) is 0 Å². The van der Waals surface area contributed by atoms with Gasteiger partial charge in [-0.15, -0.1) is 11.6 Å². The van der Waals surface area contributed by atoms with Gasteiger partial charge in [-0.25, -0.2) is 0 Å². The van der Waals surface area contributed by atoms with Gasteiger partial charge in [-0.2, -0.15) is 13.2 Å². The molecule has 0 aliphatic carbocycles. The van der Waals surface area contributed by atoms with E-state index in [2.05, 4.69) is 4.74 Å². The monoisotopic (exact) mass is 289 g/mol. The van der Waals surface area contributed by atoms with Gasteiger partial charge in [0.1, 0.15) is 6.61 Å². The van der Waals surface area contributed by atoms with Crippen molar-refractivity contribution in [3.8, 4) is 0 Å². The number of morpholine rings is 1. The quantitative estimate of drug-likeness (QED) is 0.572. The fraction of sp³-hybridized carbons (Fsp3) is 1.00. The summed E-state index contributed by atoms with van der Waals surface area (Å²) in [6.45, 7) is 4.49. The molecule has 0 saturated carbocycles. The molecule has 1 aliphatic rings. The van der Waals surface area contributed by atoms with Crippen molar-refractivity contribution >= 4 is 11.6 Å². The van der Waals surface area contributed by atoms with Gasteiger partial charge in [-0.1, -0.05) is 0 Å². The van der Waals surface area contributed by atoms with Crippen molar-refractivity contribution in [2.75, 3.05) is 38.7 Å². The second-order valence-corrected chi connectivity index (χ2v) is 5.37. The highest BCUT2D eigenvalue weighted by atomic mass is 35.5. The first-order valence-electron chi connectivity index (χ1n) is 5.82. The number of hydrogen-bond donors (Lipinski definition) is 0. The highest BCUT2D eigenvalue weighted by Gasteiger charge is 2.33. The summed E-state index contributed by atoms with van der Waals surface area (Å²) in [6, 6.07) is 0. The third-order valence-corrected chi connectivity index (χ3v) is 2.89. The molecule has 0 aromatic carbocycles. The fourth-order valence-electron chi connectivity index (χ4n) is 2.05. The largest absolute Gasteiger partial charge is 0.411 e. The Bertz CT molecular complexity index is 261. The first kappa shape index (κ1) is 16.0. The molecule has 1 fully saturated rings. The highest BCUT2D eigenvalue weighted by molar-refractivity contribution is 6.18. The van der Waals surface area contributed by atoms with E-state index in [0.717, 1.165) is 0 Å². The molecule has 108 valence electrons. The van der Waals surface area contributed by atoms with Crippen LogP contribution < -0.4 is 0 Å². The van der Waals surface area contributed by atoms with Crippen molar-refractivity contribution in [1.82, 2.24) is 4.90 Å². The van der Waals surface area contributed by atoms with Crippen LogP contribution in [0, 0.1) is 0 Å². The smallest absolute Gasteiger partial charge is 0.371 e. The molecule has 18 heavy (non-hydrogen) atoms. The van der Waals surface area contributed by atoms with Crippen LogP contribution in [0.25, 0.3) is 0 Å². The second-order valence-electron chi connectivity index (χ2n) is 5.06. The van der Waals surface area contributed by atoms with Crippen molar-refractivity contribution in [1.29, 1.82) is 0 Å². The molecule has 0 bridgehead atoms. The van der Waals surface area contributed by atoms with Crippen LogP contribution in [0.1, 0.15) is 13.8 Å². The molecule has 0 radical (unpaired) electrons. The molecule has 1 unspecified atom stereocenters. The Balaban J connectivity index is 2.29. The summed E-state index contributed by atoms with van der Waals surface area (Å²) < 4.78 is 46.0. The lowest BCUT2D eigenvalue weighted by molar-refractivity contribution is -0.177. The average Bonchev–Trinajstić information content (AvgIpc) is 2.21. The summed E-state index contributed by atoms with van der Waals surface area (Å²) >= 11 is 5.76. The van der Waals surface area contributed by atoms with Crippen molar-refractivity contribution in [2.45, 2.75) is 31.7 Å². The molecular formula is C11H19ClF3NO2. The van der Waals surface area contributed by atoms with E-state index in [9.17, 15) is 13.2 Å². The Hall–Kier alpha value is -0.0400. The molecule has 0 N–H and O–H groups in total. The van der Waals surface area contributed by atoms with Crippen LogP contribution in [0.4, 0.5) is 13.2 Å². The lowest BCUT2D eigenvalue weighted by Gasteiger charge is -2.42. The maximum atomic E-state index is 11.9. The average molecular weight is 290 g/mol. The Morgan fingerprint density at radius 2 is 2.11 bits per heavy atom. The van der Waals surface area contributed by atoms with Gasteiger partial charge in [0.05, 0.1) is 18.3 Å². The van der Waals surface area contributed by atoms with Crippen LogP contribution in [0.3, 0.4) is 0 Å². The Labute approximate surface area is 110 Å². The van der Waals surface area contributed by atoms with Crippen LogP contribution in [0.5, 0.6) is 0 Å². The second kappa shape index (κ2) is 6.41. The summed E-state index contributed by atoms with van der Waals surface area (Å²) in [5.74, 6) is 0.378. The number of nitrogens with zero attached hydrogens (tertiary/aromatic N) is 1. The van der Waals surface area contributed by atoms with Gasteiger partial charge < -0.3 is 9.47 Å². The summed E-state index contributed by atoms with van der Waals surface area (Å²) in [4.78, 5) is 2.02. The van der Waals surface area contributed by atoms with E-state index in [1.54, 1.807) is 0 Å². The summed E-state index contributed by atoms with van der Waals surface area (Å²) in [5, 5.41) is 0. The molecular weight excluding hydrogens is 271 g/mol. The van der Waals surface area contributed by atoms with E-state index < -0.39 is 12.8 Å². The van der Waals surface area contributed by atoms with Crippen LogP contribution in [-0.4, -0.2) is 61.5 Å². The molecule has 0 spiro atoms. The minimum Gasteiger partial charge on any atom is -0.371 e. The standard InChI is InChI=1S/C11H19ClF3NO2/c1-10(2)7-16(6-9(5-12)18-10)3-4-17-8-11(13,14)15/h9H,3-8H2,1-2H3. The van der Waals surface area contributed by atoms with E-state index in [4.69, 9.17) is 16.3 Å². The Morgan fingerprint density at radius 3 is 2.67 bits per heavy atom. The molecule has 0 aromatic rings. The molecule has 1 rings (SSSR count). The number of ether oxygens (including phenoxy) is 2. The molecule has 1 heterocycles. The topological polar surface area (TPSA) is 21.7 Å². The zero-order valence-electron chi connectivity index (χ0n) is 10.6. The lowest BCUT2D eigenvalue weighted by atomic mass is 10.1. The van der Waals surface area contributed by atoms with E-state index in [1.165, 1.54) is 0 Å². The Morgan fingerprint density at radius 1 is 1.44 bits per heavy atom. The van der Waals surface area contributed by atoms with Crippen LogP contribution in [0.2, 0.25) is 0 Å².